The first-order valence-electron chi connectivity index (χ1n) is 11.3. The van der Waals surface area contributed by atoms with Crippen LogP contribution in [0.1, 0.15) is 30.9 Å². The Balaban J connectivity index is 1.62. The van der Waals surface area contributed by atoms with Crippen molar-refractivity contribution in [3.05, 3.63) is 28.9 Å². The van der Waals surface area contributed by atoms with Gasteiger partial charge in [-0.3, -0.25) is 20.2 Å². The van der Waals surface area contributed by atoms with Crippen molar-refractivity contribution < 1.29 is 32.6 Å². The summed E-state index contributed by atoms with van der Waals surface area (Å²) in [6.07, 6.45) is -1.06. The van der Waals surface area contributed by atoms with E-state index in [2.05, 4.69) is 20.9 Å². The summed E-state index contributed by atoms with van der Waals surface area (Å²) in [5.74, 6) is -1.63. The molecule has 6 rings (SSSR count). The third kappa shape index (κ3) is 2.76. The number of ether oxygens (including phenoxy) is 1. The average Bonchev–Trinajstić information content (AvgIpc) is 3.33. The molecule has 2 fully saturated rings. The molecule has 4 amide bonds. The predicted molar refractivity (Wildman–Crippen MR) is 118 cm³/mol. The molecule has 0 saturated carbocycles. The molecular formula is C23H22FN5O6. The highest BCUT2D eigenvalue weighted by Crippen LogP contribution is 2.50. The van der Waals surface area contributed by atoms with E-state index in [0.717, 1.165) is 0 Å². The van der Waals surface area contributed by atoms with Crippen molar-refractivity contribution in [3.8, 4) is 11.3 Å². The van der Waals surface area contributed by atoms with Gasteiger partial charge in [0.1, 0.15) is 11.5 Å². The molecule has 0 bridgehead atoms. The number of urea groups is 1. The average molecular weight is 483 g/mol. The first kappa shape index (κ1) is 21.7. The zero-order chi connectivity index (χ0) is 24.8. The Labute approximate surface area is 197 Å². The number of amides is 4. The molecule has 1 spiro atoms. The maximum atomic E-state index is 16.1. The molecule has 182 valence electrons. The molecule has 0 radical (unpaired) electrons. The molecule has 3 aliphatic rings. The third-order valence-corrected chi connectivity index (χ3v) is 7.24. The van der Waals surface area contributed by atoms with Gasteiger partial charge in [-0.15, -0.1) is 0 Å². The van der Waals surface area contributed by atoms with Crippen LogP contribution in [-0.2, 0) is 20.7 Å². The third-order valence-electron chi connectivity index (χ3n) is 7.24. The quantitative estimate of drug-likeness (QED) is 0.498. The van der Waals surface area contributed by atoms with Gasteiger partial charge < -0.3 is 18.7 Å². The Bertz CT molecular complexity index is 1400. The molecule has 3 atom stereocenters. The number of aromatic nitrogens is 2. The van der Waals surface area contributed by atoms with Gasteiger partial charge in [0.25, 0.3) is 0 Å². The molecule has 0 unspecified atom stereocenters. The molecular weight excluding hydrogens is 461 g/mol. The fourth-order valence-corrected chi connectivity index (χ4v) is 5.95. The van der Waals surface area contributed by atoms with Gasteiger partial charge in [-0.25, -0.2) is 9.18 Å². The van der Waals surface area contributed by atoms with E-state index in [-0.39, 0.29) is 30.3 Å². The van der Waals surface area contributed by atoms with Crippen molar-refractivity contribution in [2.75, 3.05) is 11.4 Å². The SMILES string of the molecule is Cc1noc(C)c1-c1noc2c(F)c3c(cc12)CC1(C(=O)NC(=O)NC1=O)[C@H]1[C@H](C)O[C@H](C)CN31. The highest BCUT2D eigenvalue weighted by Gasteiger charge is 2.63. The van der Waals surface area contributed by atoms with Gasteiger partial charge in [0.15, 0.2) is 11.2 Å². The van der Waals surface area contributed by atoms with Crippen LogP contribution in [0.15, 0.2) is 15.1 Å². The Morgan fingerprint density at radius 2 is 1.83 bits per heavy atom. The Kier molecular flexibility index (Phi) is 4.41. The van der Waals surface area contributed by atoms with Crippen LogP contribution >= 0.6 is 0 Å². The molecule has 0 aliphatic carbocycles. The second-order valence-electron chi connectivity index (χ2n) is 9.44. The lowest BCUT2D eigenvalue weighted by Crippen LogP contribution is -2.75. The van der Waals surface area contributed by atoms with Crippen molar-refractivity contribution in [1.29, 1.82) is 0 Å². The minimum absolute atomic E-state index is 0.0482. The zero-order valence-electron chi connectivity index (χ0n) is 19.4. The Morgan fingerprint density at radius 1 is 1.11 bits per heavy atom. The van der Waals surface area contributed by atoms with E-state index in [1.807, 2.05) is 6.92 Å². The topological polar surface area (TPSA) is 140 Å². The molecule has 12 heteroatoms. The maximum Gasteiger partial charge on any atom is 0.328 e. The number of rotatable bonds is 1. The van der Waals surface area contributed by atoms with Gasteiger partial charge in [-0.1, -0.05) is 10.3 Å². The Morgan fingerprint density at radius 3 is 2.49 bits per heavy atom. The van der Waals surface area contributed by atoms with Crippen LogP contribution in [0.3, 0.4) is 0 Å². The van der Waals surface area contributed by atoms with E-state index in [1.165, 1.54) is 0 Å². The maximum absolute atomic E-state index is 16.1. The fourth-order valence-electron chi connectivity index (χ4n) is 5.95. The normalized spacial score (nSPS) is 25.5. The summed E-state index contributed by atoms with van der Waals surface area (Å²) in [4.78, 5) is 40.2. The lowest BCUT2D eigenvalue weighted by molar-refractivity contribution is -0.153. The molecule has 5 heterocycles. The highest BCUT2D eigenvalue weighted by molar-refractivity contribution is 6.20. The summed E-state index contributed by atoms with van der Waals surface area (Å²) in [7, 11) is 0. The van der Waals surface area contributed by atoms with Crippen molar-refractivity contribution in [2.24, 2.45) is 5.41 Å². The second-order valence-corrected chi connectivity index (χ2v) is 9.44. The smallest absolute Gasteiger partial charge is 0.328 e. The first-order chi connectivity index (χ1) is 16.6. The van der Waals surface area contributed by atoms with Crippen molar-refractivity contribution in [2.45, 2.75) is 52.4 Å². The number of barbiturate groups is 1. The molecule has 35 heavy (non-hydrogen) atoms. The van der Waals surface area contributed by atoms with E-state index in [0.29, 0.717) is 33.7 Å². The van der Waals surface area contributed by atoms with Crippen LogP contribution in [0.25, 0.3) is 22.2 Å². The summed E-state index contributed by atoms with van der Waals surface area (Å²) in [6.45, 7) is 7.25. The van der Waals surface area contributed by atoms with Crippen LogP contribution in [0, 0.1) is 25.1 Å². The van der Waals surface area contributed by atoms with E-state index in [1.54, 1.807) is 31.7 Å². The predicted octanol–water partition coefficient (Wildman–Crippen LogP) is 2.13. The largest absolute Gasteiger partial charge is 0.372 e. The van der Waals surface area contributed by atoms with Gasteiger partial charge in [-0.05, 0) is 39.3 Å². The number of nitrogens with zero attached hydrogens (tertiary/aromatic N) is 3. The molecule has 2 N–H and O–H groups in total. The summed E-state index contributed by atoms with van der Waals surface area (Å²) in [5.41, 5.74) is 0.392. The zero-order valence-corrected chi connectivity index (χ0v) is 19.4. The standard InChI is InChI=1S/C23H22FN5O6/c1-8-7-29-17-12(6-23(19(29)11(4)33-8)20(30)25-22(32)26-21(23)31)5-13-16(28-35-18(13)15(17)24)14-9(2)27-34-10(14)3/h5,8,11,19H,6-7H2,1-4H3,(H2,25,26,30,31,32)/t8-,11+,19-/m1/s1. The number of carbonyl (C=O) groups is 3. The van der Waals surface area contributed by atoms with E-state index in [4.69, 9.17) is 13.8 Å². The van der Waals surface area contributed by atoms with Crippen molar-refractivity contribution in [3.63, 3.8) is 0 Å². The molecule has 3 aliphatic heterocycles. The van der Waals surface area contributed by atoms with Gasteiger partial charge in [0.05, 0.1) is 40.6 Å². The number of aryl methyl sites for hydroxylation is 2. The van der Waals surface area contributed by atoms with Crippen LogP contribution in [0.4, 0.5) is 14.9 Å². The summed E-state index contributed by atoms with van der Waals surface area (Å²) in [5, 5.41) is 12.9. The van der Waals surface area contributed by atoms with Crippen LogP contribution < -0.4 is 15.5 Å². The minimum Gasteiger partial charge on any atom is -0.372 e. The molecule has 2 saturated heterocycles. The van der Waals surface area contributed by atoms with Crippen molar-refractivity contribution in [1.82, 2.24) is 20.9 Å². The monoisotopic (exact) mass is 483 g/mol. The molecule has 3 aromatic rings. The number of hydrogen-bond donors (Lipinski definition) is 2. The van der Waals surface area contributed by atoms with Crippen LogP contribution in [0.2, 0.25) is 0 Å². The van der Waals surface area contributed by atoms with Gasteiger partial charge in [0, 0.05) is 13.0 Å². The number of benzene rings is 1. The number of anilines is 1. The molecule has 2 aromatic heterocycles. The minimum atomic E-state index is -1.71. The number of carbonyl (C=O) groups excluding carboxylic acids is 3. The number of hydrogen-bond acceptors (Lipinski definition) is 9. The number of morpholine rings is 1. The lowest BCUT2D eigenvalue weighted by Gasteiger charge is -2.55. The summed E-state index contributed by atoms with van der Waals surface area (Å²) >= 11 is 0. The van der Waals surface area contributed by atoms with Gasteiger partial charge in [-0.2, -0.15) is 0 Å². The number of fused-ring (bicyclic) bond motifs is 5. The number of halogens is 1. The number of nitrogens with one attached hydrogen (secondary N) is 2. The van der Waals surface area contributed by atoms with E-state index >= 15 is 4.39 Å². The number of imide groups is 2. The van der Waals surface area contributed by atoms with Crippen LogP contribution in [-0.4, -0.2) is 53.0 Å². The second kappa shape index (κ2) is 7.11. The summed E-state index contributed by atoms with van der Waals surface area (Å²) in [6, 6.07) is -0.0520. The summed E-state index contributed by atoms with van der Waals surface area (Å²) < 4.78 is 32.8. The first-order valence-corrected chi connectivity index (χ1v) is 11.3. The molecule has 11 nitrogen and oxygen atoms in total. The highest BCUT2D eigenvalue weighted by atomic mass is 19.1. The van der Waals surface area contributed by atoms with E-state index < -0.39 is 41.2 Å². The fraction of sp³-hybridized carbons (Fsp3) is 0.435. The van der Waals surface area contributed by atoms with Crippen LogP contribution in [0.5, 0.6) is 0 Å². The molecule has 1 aromatic carbocycles. The lowest BCUT2D eigenvalue weighted by atomic mass is 9.66. The van der Waals surface area contributed by atoms with Gasteiger partial charge in [0.2, 0.25) is 17.4 Å². The van der Waals surface area contributed by atoms with Crippen molar-refractivity contribution >= 4 is 34.5 Å². The van der Waals surface area contributed by atoms with Gasteiger partial charge >= 0.3 is 6.03 Å². The Hall–Kier alpha value is -3.80. The van der Waals surface area contributed by atoms with E-state index in [9.17, 15) is 14.4 Å².